The van der Waals surface area contributed by atoms with Crippen molar-refractivity contribution in [3.8, 4) is 0 Å². The molecule has 0 spiro atoms. The summed E-state index contributed by atoms with van der Waals surface area (Å²) in [7, 11) is 0. The first-order valence-electron chi connectivity index (χ1n) is 4.15. The number of rotatable bonds is 2. The van der Waals surface area contributed by atoms with E-state index in [2.05, 4.69) is 0 Å². The van der Waals surface area contributed by atoms with Crippen molar-refractivity contribution in [2.24, 2.45) is 5.92 Å². The Bertz CT molecular complexity index is 181. The van der Waals surface area contributed by atoms with E-state index in [1.54, 1.807) is 0 Å². The van der Waals surface area contributed by atoms with E-state index >= 15 is 0 Å². The fourth-order valence-corrected chi connectivity index (χ4v) is 1.57. The van der Waals surface area contributed by atoms with Gasteiger partial charge in [-0.15, -0.1) is 0 Å². The zero-order chi connectivity index (χ0) is 8.97. The maximum Gasteiger partial charge on any atom is 0.407 e. The van der Waals surface area contributed by atoms with E-state index in [-0.39, 0.29) is 5.92 Å². The molecular formula is C8H13NO3. The highest BCUT2D eigenvalue weighted by Gasteiger charge is 2.22. The molecule has 1 aliphatic rings. The number of carbonyl (C=O) groups is 2. The first-order chi connectivity index (χ1) is 5.74. The fraction of sp³-hybridized carbons (Fsp3) is 0.750. The van der Waals surface area contributed by atoms with Crippen molar-refractivity contribution in [2.75, 3.05) is 13.1 Å². The summed E-state index contributed by atoms with van der Waals surface area (Å²) in [6.07, 6.45) is 2.35. The summed E-state index contributed by atoms with van der Waals surface area (Å²) >= 11 is 0. The van der Waals surface area contributed by atoms with Gasteiger partial charge >= 0.3 is 6.09 Å². The Labute approximate surface area is 71.2 Å². The molecular weight excluding hydrogens is 158 g/mol. The smallest absolute Gasteiger partial charge is 0.407 e. The van der Waals surface area contributed by atoms with E-state index in [1.165, 1.54) is 4.90 Å². The monoisotopic (exact) mass is 171 g/mol. The van der Waals surface area contributed by atoms with Crippen molar-refractivity contribution >= 4 is 12.4 Å². The van der Waals surface area contributed by atoms with Gasteiger partial charge in [0, 0.05) is 19.5 Å². The van der Waals surface area contributed by atoms with Crippen molar-refractivity contribution in [1.29, 1.82) is 0 Å². The molecule has 0 aromatic rings. The zero-order valence-electron chi connectivity index (χ0n) is 6.90. The summed E-state index contributed by atoms with van der Waals surface area (Å²) in [5, 5.41) is 8.66. The molecule has 1 amide bonds. The summed E-state index contributed by atoms with van der Waals surface area (Å²) < 4.78 is 0. The second-order valence-corrected chi connectivity index (χ2v) is 3.14. The molecule has 1 atom stereocenters. The van der Waals surface area contributed by atoms with Crippen LogP contribution in [0.25, 0.3) is 0 Å². The maximum atomic E-state index is 10.5. The van der Waals surface area contributed by atoms with Gasteiger partial charge in [0.25, 0.3) is 0 Å². The van der Waals surface area contributed by atoms with E-state index in [0.29, 0.717) is 19.5 Å². The van der Waals surface area contributed by atoms with Gasteiger partial charge in [-0.25, -0.2) is 4.79 Å². The third kappa shape index (κ3) is 2.22. The predicted octanol–water partition coefficient (Wildman–Crippen LogP) is 0.965. The highest BCUT2D eigenvalue weighted by Crippen LogP contribution is 2.18. The number of nitrogens with zero attached hydrogens (tertiary/aromatic N) is 1. The lowest BCUT2D eigenvalue weighted by Gasteiger charge is -2.29. The largest absolute Gasteiger partial charge is 0.465 e. The minimum atomic E-state index is -0.870. The Morgan fingerprint density at radius 1 is 1.67 bits per heavy atom. The van der Waals surface area contributed by atoms with Gasteiger partial charge in [-0.1, -0.05) is 0 Å². The molecule has 0 saturated carbocycles. The molecule has 1 heterocycles. The van der Waals surface area contributed by atoms with Gasteiger partial charge in [0.05, 0.1) is 0 Å². The SMILES string of the molecule is O=CCC1CCCN(C(=O)O)C1. The Hall–Kier alpha value is -1.06. The molecule has 0 bridgehead atoms. The topological polar surface area (TPSA) is 57.6 Å². The second kappa shape index (κ2) is 4.09. The van der Waals surface area contributed by atoms with Crippen LogP contribution in [-0.4, -0.2) is 35.5 Å². The normalized spacial score (nSPS) is 23.7. The number of hydrogen-bond donors (Lipinski definition) is 1. The van der Waals surface area contributed by atoms with Crippen LogP contribution in [0.1, 0.15) is 19.3 Å². The van der Waals surface area contributed by atoms with E-state index in [1.807, 2.05) is 0 Å². The van der Waals surface area contributed by atoms with E-state index in [9.17, 15) is 9.59 Å². The number of amides is 1. The van der Waals surface area contributed by atoms with E-state index in [4.69, 9.17) is 5.11 Å². The quantitative estimate of drug-likeness (QED) is 0.630. The van der Waals surface area contributed by atoms with Crippen molar-refractivity contribution in [3.05, 3.63) is 0 Å². The molecule has 68 valence electrons. The third-order valence-corrected chi connectivity index (χ3v) is 2.22. The van der Waals surface area contributed by atoms with Gasteiger partial charge < -0.3 is 14.8 Å². The number of piperidine rings is 1. The predicted molar refractivity (Wildman–Crippen MR) is 43.0 cm³/mol. The summed E-state index contributed by atoms with van der Waals surface area (Å²) in [6, 6.07) is 0. The molecule has 1 aliphatic heterocycles. The van der Waals surface area contributed by atoms with E-state index < -0.39 is 6.09 Å². The molecule has 12 heavy (non-hydrogen) atoms. The molecule has 1 saturated heterocycles. The molecule has 4 nitrogen and oxygen atoms in total. The first kappa shape index (κ1) is 9.03. The highest BCUT2D eigenvalue weighted by atomic mass is 16.4. The summed E-state index contributed by atoms with van der Waals surface area (Å²) in [5.41, 5.74) is 0. The minimum absolute atomic E-state index is 0.243. The van der Waals surface area contributed by atoms with Crippen LogP contribution in [-0.2, 0) is 4.79 Å². The Balaban J connectivity index is 2.39. The minimum Gasteiger partial charge on any atom is -0.465 e. The third-order valence-electron chi connectivity index (χ3n) is 2.22. The number of carboxylic acid groups (broad SMARTS) is 1. The van der Waals surface area contributed by atoms with Crippen LogP contribution in [0.5, 0.6) is 0 Å². The summed E-state index contributed by atoms with van der Waals surface area (Å²) in [6.45, 7) is 1.14. The number of likely N-dealkylation sites (tertiary alicyclic amines) is 1. The molecule has 1 unspecified atom stereocenters. The second-order valence-electron chi connectivity index (χ2n) is 3.14. The Morgan fingerprint density at radius 3 is 3.00 bits per heavy atom. The lowest BCUT2D eigenvalue weighted by molar-refractivity contribution is -0.109. The lowest BCUT2D eigenvalue weighted by Crippen LogP contribution is -2.39. The van der Waals surface area contributed by atoms with Crippen LogP contribution in [0.3, 0.4) is 0 Å². The van der Waals surface area contributed by atoms with Crippen LogP contribution in [0.4, 0.5) is 4.79 Å². The van der Waals surface area contributed by atoms with Gasteiger partial charge in [-0.05, 0) is 18.8 Å². The molecule has 0 aromatic carbocycles. The number of hydrogen-bond acceptors (Lipinski definition) is 2. The molecule has 1 rings (SSSR count). The van der Waals surface area contributed by atoms with Crippen molar-refractivity contribution in [3.63, 3.8) is 0 Å². The Kier molecular flexibility index (Phi) is 3.08. The van der Waals surface area contributed by atoms with Crippen LogP contribution < -0.4 is 0 Å². The standard InChI is InChI=1S/C8H13NO3/c10-5-3-7-2-1-4-9(6-7)8(11)12/h5,7H,1-4,6H2,(H,11,12). The number of aldehydes is 1. The fourth-order valence-electron chi connectivity index (χ4n) is 1.57. The van der Waals surface area contributed by atoms with Gasteiger partial charge in [0.15, 0.2) is 0 Å². The highest BCUT2D eigenvalue weighted by molar-refractivity contribution is 5.65. The molecule has 1 fully saturated rings. The van der Waals surface area contributed by atoms with Gasteiger partial charge in [-0.3, -0.25) is 0 Å². The summed E-state index contributed by atoms with van der Waals surface area (Å²) in [5.74, 6) is 0.243. The van der Waals surface area contributed by atoms with Gasteiger partial charge in [0.2, 0.25) is 0 Å². The molecule has 0 radical (unpaired) electrons. The van der Waals surface area contributed by atoms with Crippen LogP contribution >= 0.6 is 0 Å². The van der Waals surface area contributed by atoms with Crippen LogP contribution in [0, 0.1) is 5.92 Å². The maximum absolute atomic E-state index is 10.5. The Morgan fingerprint density at radius 2 is 2.42 bits per heavy atom. The first-order valence-corrected chi connectivity index (χ1v) is 4.15. The average Bonchev–Trinajstić information content (AvgIpc) is 2.05. The van der Waals surface area contributed by atoms with Gasteiger partial charge in [-0.2, -0.15) is 0 Å². The van der Waals surface area contributed by atoms with Crippen molar-refractivity contribution < 1.29 is 14.7 Å². The zero-order valence-corrected chi connectivity index (χ0v) is 6.90. The molecule has 4 heteroatoms. The molecule has 0 aliphatic carbocycles. The lowest BCUT2D eigenvalue weighted by atomic mass is 9.96. The average molecular weight is 171 g/mol. The molecule has 1 N–H and O–H groups in total. The van der Waals surface area contributed by atoms with Gasteiger partial charge in [0.1, 0.15) is 6.29 Å². The summed E-state index contributed by atoms with van der Waals surface area (Å²) in [4.78, 5) is 22.1. The van der Waals surface area contributed by atoms with Crippen molar-refractivity contribution in [1.82, 2.24) is 4.90 Å². The van der Waals surface area contributed by atoms with Crippen LogP contribution in [0.15, 0.2) is 0 Å². The van der Waals surface area contributed by atoms with Crippen molar-refractivity contribution in [2.45, 2.75) is 19.3 Å². The van der Waals surface area contributed by atoms with Crippen LogP contribution in [0.2, 0.25) is 0 Å². The molecule has 0 aromatic heterocycles. The van der Waals surface area contributed by atoms with E-state index in [0.717, 1.165) is 19.1 Å². The number of carbonyl (C=O) groups excluding carboxylic acids is 1.